The number of likely N-dealkylation sites (tertiary alicyclic amines) is 1. The zero-order valence-corrected chi connectivity index (χ0v) is 23.8. The molecule has 14 heteroatoms. The Balaban J connectivity index is 1.39. The molecule has 3 atom stereocenters. The Morgan fingerprint density at radius 1 is 1.10 bits per heavy atom. The molecule has 214 valence electrons. The number of halogens is 1. The van der Waals surface area contributed by atoms with Crippen LogP contribution in [0.5, 0.6) is 0 Å². The maximum absolute atomic E-state index is 13.9. The molecule has 40 heavy (non-hydrogen) atoms. The summed E-state index contributed by atoms with van der Waals surface area (Å²) < 4.78 is 28.2. The quantitative estimate of drug-likeness (QED) is 0.392. The van der Waals surface area contributed by atoms with Crippen molar-refractivity contribution >= 4 is 50.5 Å². The lowest BCUT2D eigenvalue weighted by Gasteiger charge is -2.35. The number of aliphatic hydroxyl groups excluding tert-OH is 1. The number of anilines is 3. The fraction of sp³-hybridized carbons (Fsp3) is 0.500. The van der Waals surface area contributed by atoms with E-state index in [1.165, 1.54) is 12.1 Å². The third-order valence-electron chi connectivity index (χ3n) is 7.86. The van der Waals surface area contributed by atoms with Gasteiger partial charge in [-0.2, -0.15) is 9.61 Å². The number of fused-ring (bicyclic) bond motifs is 1. The van der Waals surface area contributed by atoms with E-state index in [4.69, 9.17) is 27.4 Å². The second-order valence-electron chi connectivity index (χ2n) is 10.9. The Morgan fingerprint density at radius 2 is 1.90 bits per heavy atom. The summed E-state index contributed by atoms with van der Waals surface area (Å²) in [6.45, 7) is 3.25. The van der Waals surface area contributed by atoms with Crippen LogP contribution in [-0.4, -0.2) is 90.1 Å². The van der Waals surface area contributed by atoms with Crippen LogP contribution in [0.15, 0.2) is 30.3 Å². The van der Waals surface area contributed by atoms with Crippen molar-refractivity contribution in [1.29, 1.82) is 0 Å². The first-order valence-electron chi connectivity index (χ1n) is 13.5. The minimum Gasteiger partial charge on any atom is -0.390 e. The molecule has 0 saturated carbocycles. The summed E-state index contributed by atoms with van der Waals surface area (Å²) in [6.07, 6.45) is 3.95. The Labute approximate surface area is 237 Å². The summed E-state index contributed by atoms with van der Waals surface area (Å²) in [5, 5.41) is 15.6. The molecule has 0 spiro atoms. The minimum absolute atomic E-state index is 0.184. The van der Waals surface area contributed by atoms with Gasteiger partial charge in [0.05, 0.1) is 35.3 Å². The van der Waals surface area contributed by atoms with Gasteiger partial charge < -0.3 is 25.5 Å². The Morgan fingerprint density at radius 3 is 2.58 bits per heavy atom. The van der Waals surface area contributed by atoms with Gasteiger partial charge in [0, 0.05) is 55.9 Å². The average molecular weight is 589 g/mol. The van der Waals surface area contributed by atoms with E-state index in [-0.39, 0.29) is 29.2 Å². The molecule has 0 bridgehead atoms. The monoisotopic (exact) mass is 588 g/mol. The molecular formula is C26H33ClN8O4S. The topological polar surface area (TPSA) is 149 Å². The van der Waals surface area contributed by atoms with Crippen LogP contribution in [0.4, 0.5) is 17.3 Å². The van der Waals surface area contributed by atoms with Crippen molar-refractivity contribution in [3.63, 3.8) is 0 Å². The number of nitrogens with one attached hydrogen (secondary N) is 1. The van der Waals surface area contributed by atoms with Crippen molar-refractivity contribution < 1.29 is 18.3 Å². The fourth-order valence-electron chi connectivity index (χ4n) is 5.68. The summed E-state index contributed by atoms with van der Waals surface area (Å²) >= 11 is 6.23. The summed E-state index contributed by atoms with van der Waals surface area (Å²) in [6, 6.07) is 7.77. The van der Waals surface area contributed by atoms with E-state index >= 15 is 0 Å². The van der Waals surface area contributed by atoms with Crippen LogP contribution in [0.2, 0.25) is 5.02 Å². The molecule has 3 fully saturated rings. The summed E-state index contributed by atoms with van der Waals surface area (Å²) in [4.78, 5) is 24.8. The number of aromatic nitrogens is 3. The normalized spacial score (nSPS) is 23.5. The van der Waals surface area contributed by atoms with Gasteiger partial charge in [-0.3, -0.25) is 9.52 Å². The highest BCUT2D eigenvalue weighted by atomic mass is 35.5. The Hall–Kier alpha value is -3.13. The minimum atomic E-state index is -3.61. The largest absolute Gasteiger partial charge is 0.390 e. The maximum Gasteiger partial charge on any atom is 0.256 e. The van der Waals surface area contributed by atoms with Gasteiger partial charge in [-0.1, -0.05) is 11.6 Å². The number of rotatable bonds is 6. The van der Waals surface area contributed by atoms with Crippen molar-refractivity contribution in [2.24, 2.45) is 5.73 Å². The molecule has 3 saturated heterocycles. The molecule has 1 amide bonds. The first kappa shape index (κ1) is 27.1. The van der Waals surface area contributed by atoms with E-state index in [0.717, 1.165) is 50.2 Å². The number of sulfonamides is 1. The Bertz CT molecular complexity index is 1550. The van der Waals surface area contributed by atoms with Crippen LogP contribution < -0.4 is 20.3 Å². The first-order chi connectivity index (χ1) is 19.1. The van der Waals surface area contributed by atoms with Gasteiger partial charge >= 0.3 is 0 Å². The lowest BCUT2D eigenvalue weighted by Crippen LogP contribution is -2.39. The van der Waals surface area contributed by atoms with Crippen LogP contribution in [0.25, 0.3) is 5.65 Å². The number of nitrogens with zero attached hydrogens (tertiary/aromatic N) is 6. The predicted octanol–water partition coefficient (Wildman–Crippen LogP) is 1.84. The van der Waals surface area contributed by atoms with Gasteiger partial charge in [-0.25, -0.2) is 13.4 Å². The molecule has 3 aromatic rings. The van der Waals surface area contributed by atoms with Crippen molar-refractivity contribution in [1.82, 2.24) is 19.5 Å². The molecular weight excluding hydrogens is 556 g/mol. The molecule has 12 nitrogen and oxygen atoms in total. The highest BCUT2D eigenvalue weighted by Gasteiger charge is 2.34. The number of carbonyl (C=O) groups excluding carboxylic acids is 1. The van der Waals surface area contributed by atoms with Crippen molar-refractivity contribution in [3.8, 4) is 0 Å². The van der Waals surface area contributed by atoms with Crippen molar-refractivity contribution in [2.45, 2.75) is 43.9 Å². The summed E-state index contributed by atoms with van der Waals surface area (Å²) in [5.41, 5.74) is 7.86. The van der Waals surface area contributed by atoms with E-state index < -0.39 is 16.1 Å². The number of piperidine rings is 1. The fourth-order valence-corrected chi connectivity index (χ4v) is 6.43. The molecule has 0 aliphatic carbocycles. The van der Waals surface area contributed by atoms with Gasteiger partial charge in [0.2, 0.25) is 10.0 Å². The molecule has 5 heterocycles. The van der Waals surface area contributed by atoms with Gasteiger partial charge in [0.1, 0.15) is 11.6 Å². The van der Waals surface area contributed by atoms with E-state index in [1.807, 2.05) is 17.0 Å². The van der Waals surface area contributed by atoms with Crippen molar-refractivity contribution in [3.05, 3.63) is 46.6 Å². The number of carbonyl (C=O) groups is 1. The zero-order chi connectivity index (χ0) is 28.2. The second kappa shape index (κ2) is 10.4. The number of amides is 1. The molecule has 4 N–H and O–H groups in total. The third kappa shape index (κ3) is 5.18. The summed E-state index contributed by atoms with van der Waals surface area (Å²) in [7, 11) is -3.61. The number of aliphatic hydroxyl groups is 1. The van der Waals surface area contributed by atoms with E-state index in [1.54, 1.807) is 15.5 Å². The van der Waals surface area contributed by atoms with Gasteiger partial charge in [0.15, 0.2) is 5.65 Å². The molecule has 3 aliphatic heterocycles. The second-order valence-corrected chi connectivity index (χ2v) is 13.0. The number of nitrogens with two attached hydrogens (primary N) is 1. The number of benzene rings is 1. The highest BCUT2D eigenvalue weighted by Crippen LogP contribution is 2.36. The van der Waals surface area contributed by atoms with E-state index in [9.17, 15) is 18.3 Å². The third-order valence-corrected chi connectivity index (χ3v) is 8.69. The van der Waals surface area contributed by atoms with E-state index in [0.29, 0.717) is 42.4 Å². The molecule has 2 aromatic heterocycles. The smallest absolute Gasteiger partial charge is 0.256 e. The highest BCUT2D eigenvalue weighted by molar-refractivity contribution is 7.92. The van der Waals surface area contributed by atoms with Crippen LogP contribution in [0.3, 0.4) is 0 Å². The molecule has 1 aromatic carbocycles. The van der Waals surface area contributed by atoms with Crippen LogP contribution in [0.1, 0.15) is 47.8 Å². The maximum atomic E-state index is 13.9. The van der Waals surface area contributed by atoms with Crippen LogP contribution in [-0.2, 0) is 10.0 Å². The van der Waals surface area contributed by atoms with E-state index in [2.05, 4.69) is 9.62 Å². The van der Waals surface area contributed by atoms with Crippen molar-refractivity contribution in [2.75, 3.05) is 53.5 Å². The van der Waals surface area contributed by atoms with Crippen LogP contribution in [0, 0.1) is 0 Å². The molecule has 3 aliphatic rings. The zero-order valence-electron chi connectivity index (χ0n) is 22.2. The first-order valence-corrected chi connectivity index (χ1v) is 15.8. The lowest BCUT2D eigenvalue weighted by molar-refractivity contribution is 0.0607. The SMILES string of the molecule is CS(=O)(=O)Nc1ccc(Cl)cc1C(=O)N1CCCC[C@H]1c1cc2nc(N3CCC3)cc(N3C[C@H](N)[C@@H](O)C3)n2n1. The molecule has 6 rings (SSSR count). The molecule has 0 unspecified atom stereocenters. The van der Waals surface area contributed by atoms with Gasteiger partial charge in [-0.15, -0.1) is 0 Å². The average Bonchev–Trinajstić information content (AvgIpc) is 3.45. The van der Waals surface area contributed by atoms with Crippen LogP contribution >= 0.6 is 11.6 Å². The number of hydrogen-bond donors (Lipinski definition) is 3. The number of hydrogen-bond acceptors (Lipinski definition) is 9. The standard InChI is InChI=1S/C26H33ClN8O4S/c1-40(38,39)31-19-7-6-16(27)11-17(19)26(37)34-10-3-2-5-21(34)20-12-24-29-23(32-8-4-9-32)13-25(35(24)30-20)33-14-18(28)22(36)15-33/h6-7,11-13,18,21-22,31,36H,2-5,8-10,14-15,28H2,1H3/t18-,21-,22-/m0/s1. The lowest BCUT2D eigenvalue weighted by atomic mass is 9.98. The predicted molar refractivity (Wildman–Crippen MR) is 154 cm³/mol. The molecule has 0 radical (unpaired) electrons. The summed E-state index contributed by atoms with van der Waals surface area (Å²) in [5.74, 6) is 1.33. The number of β-amino-alcohol motifs (C(OH)–C–C–N with tert-alkyl or cyclic N) is 1. The van der Waals surface area contributed by atoms with Gasteiger partial charge in [-0.05, 0) is 43.9 Å². The Kier molecular flexibility index (Phi) is 7.01. The van der Waals surface area contributed by atoms with Gasteiger partial charge in [0.25, 0.3) is 5.91 Å².